The molecule has 1 aliphatic heterocycles. The lowest BCUT2D eigenvalue weighted by atomic mass is 10.1. The van der Waals surface area contributed by atoms with Gasteiger partial charge < -0.3 is 14.2 Å². The zero-order chi connectivity index (χ0) is 20.3. The van der Waals surface area contributed by atoms with E-state index >= 15 is 0 Å². The van der Waals surface area contributed by atoms with Crippen LogP contribution in [0.1, 0.15) is 24.5 Å². The number of cyclic esters (lactones) is 1. The number of methoxy groups -OCH3 is 1. The first-order chi connectivity index (χ1) is 13.4. The molecule has 0 unspecified atom stereocenters. The third-order valence-electron chi connectivity index (χ3n) is 3.77. The molecule has 0 saturated heterocycles. The first-order valence-corrected chi connectivity index (χ1v) is 10.1. The molecule has 1 aliphatic rings. The van der Waals surface area contributed by atoms with E-state index in [0.29, 0.717) is 15.8 Å². The van der Waals surface area contributed by atoms with Crippen LogP contribution >= 0.6 is 38.5 Å². The van der Waals surface area contributed by atoms with Crippen LogP contribution in [0.15, 0.2) is 51.6 Å². The predicted molar refractivity (Wildman–Crippen MR) is 116 cm³/mol. The quantitative estimate of drug-likeness (QED) is 0.231. The monoisotopic (exact) mass is 555 g/mol. The molecule has 1 heterocycles. The van der Waals surface area contributed by atoms with Crippen molar-refractivity contribution >= 4 is 62.4 Å². The van der Waals surface area contributed by atoms with E-state index in [1.807, 2.05) is 24.3 Å². The third kappa shape index (κ3) is 4.61. The highest BCUT2D eigenvalue weighted by molar-refractivity contribution is 14.1. The first kappa shape index (κ1) is 20.5. The Hall–Kier alpha value is -2.20. The molecule has 0 amide bonds. The lowest BCUT2D eigenvalue weighted by molar-refractivity contribution is -0.134. The number of benzene rings is 2. The van der Waals surface area contributed by atoms with E-state index in [-0.39, 0.29) is 29.7 Å². The molecule has 6 nitrogen and oxygen atoms in total. The van der Waals surface area contributed by atoms with Gasteiger partial charge in [0.25, 0.3) is 0 Å². The van der Waals surface area contributed by atoms with Crippen molar-refractivity contribution in [2.45, 2.75) is 13.3 Å². The molecule has 8 heteroatoms. The molecule has 0 saturated carbocycles. The molecule has 0 fully saturated rings. The van der Waals surface area contributed by atoms with Crippen molar-refractivity contribution < 1.29 is 23.8 Å². The van der Waals surface area contributed by atoms with Crippen molar-refractivity contribution in [2.24, 2.45) is 4.99 Å². The van der Waals surface area contributed by atoms with Gasteiger partial charge >= 0.3 is 11.9 Å². The third-order valence-corrected chi connectivity index (χ3v) is 5.08. The van der Waals surface area contributed by atoms with Gasteiger partial charge in [0.15, 0.2) is 17.2 Å². The highest BCUT2D eigenvalue weighted by Crippen LogP contribution is 2.37. The topological polar surface area (TPSA) is 74.2 Å². The average Bonchev–Trinajstić information content (AvgIpc) is 3.04. The summed E-state index contributed by atoms with van der Waals surface area (Å²) in [5, 5.41) is 0. The molecule has 0 atom stereocenters. The number of ether oxygens (including phenoxy) is 3. The number of carbonyl (C=O) groups is 2. The molecule has 0 bridgehead atoms. The molecule has 0 aromatic heterocycles. The Balaban J connectivity index is 1.94. The van der Waals surface area contributed by atoms with Crippen molar-refractivity contribution in [3.05, 3.63) is 61.3 Å². The molecule has 144 valence electrons. The number of esters is 2. The van der Waals surface area contributed by atoms with Gasteiger partial charge in [-0.05, 0) is 86.6 Å². The van der Waals surface area contributed by atoms with Crippen LogP contribution in [-0.2, 0) is 14.3 Å². The second kappa shape index (κ2) is 8.87. The number of carbonyl (C=O) groups excluding carboxylic acids is 2. The number of hydrogen-bond donors (Lipinski definition) is 0. The molecule has 3 rings (SSSR count). The molecular weight excluding hydrogens is 541 g/mol. The average molecular weight is 556 g/mol. The highest BCUT2D eigenvalue weighted by atomic mass is 127. The maximum Gasteiger partial charge on any atom is 0.363 e. The summed E-state index contributed by atoms with van der Waals surface area (Å²) in [5.74, 6) is -0.0154. The summed E-state index contributed by atoms with van der Waals surface area (Å²) in [5.41, 5.74) is 1.53. The minimum Gasteiger partial charge on any atom is -0.493 e. The van der Waals surface area contributed by atoms with E-state index in [0.717, 1.165) is 9.13 Å². The van der Waals surface area contributed by atoms with Crippen molar-refractivity contribution in [1.29, 1.82) is 0 Å². The van der Waals surface area contributed by atoms with E-state index in [9.17, 15) is 9.59 Å². The fourth-order valence-corrected chi connectivity index (χ4v) is 3.29. The van der Waals surface area contributed by atoms with Gasteiger partial charge in [0, 0.05) is 15.6 Å². The second-order valence-electron chi connectivity index (χ2n) is 5.70. The second-order valence-corrected chi connectivity index (χ2v) is 7.80. The molecule has 0 radical (unpaired) electrons. The molecule has 0 spiro atoms. The van der Waals surface area contributed by atoms with Gasteiger partial charge in [-0.3, -0.25) is 4.79 Å². The summed E-state index contributed by atoms with van der Waals surface area (Å²) in [4.78, 5) is 28.1. The minimum atomic E-state index is -0.537. The highest BCUT2D eigenvalue weighted by Gasteiger charge is 2.24. The van der Waals surface area contributed by atoms with Crippen LogP contribution in [-0.4, -0.2) is 24.9 Å². The molecule has 0 aliphatic carbocycles. The van der Waals surface area contributed by atoms with Gasteiger partial charge in [-0.1, -0.05) is 6.92 Å². The minimum absolute atomic E-state index is 0.167. The summed E-state index contributed by atoms with van der Waals surface area (Å²) in [6, 6.07) is 10.9. The van der Waals surface area contributed by atoms with Crippen LogP contribution in [0.4, 0.5) is 0 Å². The zero-order valence-electron chi connectivity index (χ0n) is 15.0. The smallest absolute Gasteiger partial charge is 0.363 e. The maximum absolute atomic E-state index is 12.2. The zero-order valence-corrected chi connectivity index (χ0v) is 18.7. The van der Waals surface area contributed by atoms with Gasteiger partial charge in [0.2, 0.25) is 5.90 Å². The van der Waals surface area contributed by atoms with Crippen LogP contribution < -0.4 is 9.47 Å². The predicted octanol–water partition coefficient (Wildman–Crippen LogP) is 4.72. The van der Waals surface area contributed by atoms with Crippen LogP contribution in [0, 0.1) is 3.57 Å². The van der Waals surface area contributed by atoms with Crippen molar-refractivity contribution in [3.63, 3.8) is 0 Å². The van der Waals surface area contributed by atoms with Crippen LogP contribution in [0.3, 0.4) is 0 Å². The van der Waals surface area contributed by atoms with Gasteiger partial charge in [-0.25, -0.2) is 9.79 Å². The molecule has 2 aromatic carbocycles. The fraction of sp³-hybridized carbons (Fsp3) is 0.150. The van der Waals surface area contributed by atoms with Crippen LogP contribution in [0.2, 0.25) is 0 Å². The standard InChI is InChI=1S/C20H15BrINO5/c1-3-17(24)27-18-14(21)8-11(10-16(18)26-2)9-15-20(25)28-19(23-15)12-4-6-13(22)7-5-12/h4-10H,3H2,1-2H3/b15-9-. The summed E-state index contributed by atoms with van der Waals surface area (Å²) in [6.07, 6.45) is 1.82. The summed E-state index contributed by atoms with van der Waals surface area (Å²) >= 11 is 5.58. The number of nitrogens with zero attached hydrogens (tertiary/aromatic N) is 1. The Morgan fingerprint density at radius 2 is 2.00 bits per heavy atom. The Labute approximate surface area is 183 Å². The van der Waals surface area contributed by atoms with E-state index in [1.165, 1.54) is 7.11 Å². The lowest BCUT2D eigenvalue weighted by Crippen LogP contribution is -2.07. The van der Waals surface area contributed by atoms with E-state index < -0.39 is 5.97 Å². The Kier molecular flexibility index (Phi) is 6.50. The Morgan fingerprint density at radius 3 is 2.64 bits per heavy atom. The molecule has 28 heavy (non-hydrogen) atoms. The van der Waals surface area contributed by atoms with Crippen molar-refractivity contribution in [1.82, 2.24) is 0 Å². The van der Waals surface area contributed by atoms with Gasteiger partial charge in [-0.15, -0.1) is 0 Å². The first-order valence-electron chi connectivity index (χ1n) is 8.28. The SMILES string of the molecule is CCC(=O)Oc1c(Br)cc(/C=C2\N=C(c3ccc(I)cc3)OC2=O)cc1OC. The van der Waals surface area contributed by atoms with Gasteiger partial charge in [-0.2, -0.15) is 0 Å². The molecule has 0 N–H and O–H groups in total. The van der Waals surface area contributed by atoms with Gasteiger partial charge in [0.05, 0.1) is 11.6 Å². The van der Waals surface area contributed by atoms with Crippen molar-refractivity contribution in [3.8, 4) is 11.5 Å². The van der Waals surface area contributed by atoms with E-state index in [2.05, 4.69) is 43.5 Å². The Bertz CT molecular complexity index is 998. The summed E-state index contributed by atoms with van der Waals surface area (Å²) < 4.78 is 17.5. The lowest BCUT2D eigenvalue weighted by Gasteiger charge is -2.11. The normalized spacial score (nSPS) is 14.6. The van der Waals surface area contributed by atoms with Crippen LogP contribution in [0.5, 0.6) is 11.5 Å². The molecular formula is C20H15BrINO5. The van der Waals surface area contributed by atoms with Crippen molar-refractivity contribution in [2.75, 3.05) is 7.11 Å². The summed E-state index contributed by atoms with van der Waals surface area (Å²) in [6.45, 7) is 1.70. The van der Waals surface area contributed by atoms with E-state index in [4.69, 9.17) is 14.2 Å². The Morgan fingerprint density at radius 1 is 1.29 bits per heavy atom. The largest absolute Gasteiger partial charge is 0.493 e. The van der Waals surface area contributed by atoms with Gasteiger partial charge in [0.1, 0.15) is 0 Å². The summed E-state index contributed by atoms with van der Waals surface area (Å²) in [7, 11) is 1.47. The number of rotatable bonds is 5. The van der Waals surface area contributed by atoms with Crippen LogP contribution in [0.25, 0.3) is 6.08 Å². The fourth-order valence-electron chi connectivity index (χ4n) is 2.39. The molecule has 2 aromatic rings. The number of aliphatic imine (C=N–C) groups is 1. The number of hydrogen-bond acceptors (Lipinski definition) is 6. The maximum atomic E-state index is 12.2. The van der Waals surface area contributed by atoms with E-state index in [1.54, 1.807) is 25.1 Å². The number of halogens is 2.